The minimum absolute atomic E-state index is 0.0104. The predicted octanol–water partition coefficient (Wildman–Crippen LogP) is 3.22. The minimum Gasteiger partial charge on any atom is -0.481 e. The standard InChI is InChI=1S/C32H29F5N6O8/c1-16-5-6-17(39-24(46)11-12-38-23(45)8-10-26(48)49)13-20(16)27-19-7-9-25(47)43(28-21(33)3-2-4-22(28)34)29(19)42-31(41-27)40-18(14-44)15-51-30(50)32(35,36)37/h2-7,9,13,18,44H,8,10-12,14-15H2,1H3,(H,38,45)(H,39,46)(H,48,49)(H,40,41,42). The third-order valence-electron chi connectivity index (χ3n) is 7.13. The topological polar surface area (TPSA) is 202 Å². The number of fused-ring (bicyclic) bond motifs is 1. The van der Waals surface area contributed by atoms with E-state index in [2.05, 4.69) is 30.7 Å². The summed E-state index contributed by atoms with van der Waals surface area (Å²) in [6.07, 6.45) is -6.15. The van der Waals surface area contributed by atoms with Crippen molar-refractivity contribution in [2.24, 2.45) is 0 Å². The highest BCUT2D eigenvalue weighted by Crippen LogP contribution is 2.33. The van der Waals surface area contributed by atoms with Crippen LogP contribution in [0.2, 0.25) is 0 Å². The molecule has 0 aliphatic heterocycles. The van der Waals surface area contributed by atoms with E-state index in [1.165, 1.54) is 18.2 Å². The van der Waals surface area contributed by atoms with Crippen LogP contribution in [0.4, 0.5) is 33.6 Å². The van der Waals surface area contributed by atoms with Crippen LogP contribution in [0, 0.1) is 18.6 Å². The fourth-order valence-corrected chi connectivity index (χ4v) is 4.69. The van der Waals surface area contributed by atoms with Crippen LogP contribution in [-0.4, -0.2) is 80.5 Å². The van der Waals surface area contributed by atoms with Gasteiger partial charge in [0.25, 0.3) is 5.56 Å². The number of nitrogens with zero attached hydrogens (tertiary/aromatic N) is 3. The highest BCUT2D eigenvalue weighted by molar-refractivity contribution is 5.96. The van der Waals surface area contributed by atoms with E-state index in [-0.39, 0.29) is 53.8 Å². The molecule has 19 heteroatoms. The molecule has 0 saturated carbocycles. The molecule has 5 N–H and O–H groups in total. The minimum atomic E-state index is -5.32. The van der Waals surface area contributed by atoms with Crippen molar-refractivity contribution < 1.29 is 56.1 Å². The number of benzene rings is 2. The molecule has 0 spiro atoms. The van der Waals surface area contributed by atoms with Crippen molar-refractivity contribution in [2.45, 2.75) is 38.4 Å². The zero-order chi connectivity index (χ0) is 37.5. The lowest BCUT2D eigenvalue weighted by Gasteiger charge is -2.20. The van der Waals surface area contributed by atoms with Crippen LogP contribution in [-0.2, 0) is 23.9 Å². The second-order valence-electron chi connectivity index (χ2n) is 10.9. The Hall–Kier alpha value is -5.98. The molecule has 1 atom stereocenters. The lowest BCUT2D eigenvalue weighted by atomic mass is 10.0. The first-order valence-corrected chi connectivity index (χ1v) is 15.0. The van der Waals surface area contributed by atoms with Gasteiger partial charge in [-0.25, -0.2) is 18.6 Å². The molecule has 14 nitrogen and oxygen atoms in total. The van der Waals surface area contributed by atoms with E-state index in [9.17, 15) is 42.3 Å². The van der Waals surface area contributed by atoms with Gasteiger partial charge in [0, 0.05) is 42.1 Å². The van der Waals surface area contributed by atoms with E-state index in [1.54, 1.807) is 13.0 Å². The number of rotatable bonds is 14. The van der Waals surface area contributed by atoms with E-state index in [0.717, 1.165) is 24.3 Å². The Morgan fingerprint density at radius 2 is 1.67 bits per heavy atom. The summed E-state index contributed by atoms with van der Waals surface area (Å²) in [5.74, 6) is -7.50. The van der Waals surface area contributed by atoms with Crippen molar-refractivity contribution in [3.8, 4) is 16.9 Å². The second kappa shape index (κ2) is 16.2. The number of aromatic nitrogens is 3. The molecule has 2 aromatic heterocycles. The number of nitrogens with one attached hydrogen (secondary N) is 3. The van der Waals surface area contributed by atoms with E-state index in [1.807, 2.05) is 0 Å². The number of carboxylic acids is 1. The average molecular weight is 721 g/mol. The number of pyridine rings is 1. The van der Waals surface area contributed by atoms with Crippen molar-refractivity contribution in [3.05, 3.63) is 76.1 Å². The number of ether oxygens (including phenoxy) is 1. The third-order valence-corrected chi connectivity index (χ3v) is 7.13. The van der Waals surface area contributed by atoms with Crippen molar-refractivity contribution in [2.75, 3.05) is 30.4 Å². The van der Waals surface area contributed by atoms with Gasteiger partial charge in [0.15, 0.2) is 5.65 Å². The third kappa shape index (κ3) is 9.59. The lowest BCUT2D eigenvalue weighted by molar-refractivity contribution is -0.200. The zero-order valence-electron chi connectivity index (χ0n) is 26.5. The van der Waals surface area contributed by atoms with Gasteiger partial charge in [0.05, 0.1) is 24.8 Å². The van der Waals surface area contributed by atoms with Gasteiger partial charge in [0.2, 0.25) is 17.8 Å². The Bertz CT molecular complexity index is 2020. The fraction of sp³-hybridized carbons (Fsp3) is 0.281. The number of hydrogen-bond donors (Lipinski definition) is 5. The quantitative estimate of drug-likeness (QED) is 0.0946. The molecule has 4 rings (SSSR count). The predicted molar refractivity (Wildman–Crippen MR) is 170 cm³/mol. The maximum atomic E-state index is 15.0. The molecule has 0 fully saturated rings. The van der Waals surface area contributed by atoms with Crippen LogP contribution in [0.1, 0.15) is 24.8 Å². The average Bonchev–Trinajstić information content (AvgIpc) is 3.06. The number of aliphatic hydroxyl groups excluding tert-OH is 1. The number of hydrogen-bond acceptors (Lipinski definition) is 10. The molecule has 0 radical (unpaired) electrons. The highest BCUT2D eigenvalue weighted by atomic mass is 19.4. The van der Waals surface area contributed by atoms with Crippen molar-refractivity contribution in [3.63, 3.8) is 0 Å². The Morgan fingerprint density at radius 1 is 0.961 bits per heavy atom. The Labute approximate surface area is 284 Å². The maximum Gasteiger partial charge on any atom is 0.490 e. The van der Waals surface area contributed by atoms with E-state index in [4.69, 9.17) is 5.11 Å². The van der Waals surface area contributed by atoms with Gasteiger partial charge in [-0.2, -0.15) is 18.2 Å². The summed E-state index contributed by atoms with van der Waals surface area (Å²) in [4.78, 5) is 68.1. The molecule has 2 amide bonds. The monoisotopic (exact) mass is 720 g/mol. The maximum absolute atomic E-state index is 15.0. The van der Waals surface area contributed by atoms with E-state index >= 15 is 8.78 Å². The summed E-state index contributed by atoms with van der Waals surface area (Å²) in [5, 5.41) is 26.2. The molecular formula is C32H29F5N6O8. The van der Waals surface area contributed by atoms with Gasteiger partial charge < -0.3 is 30.9 Å². The molecule has 0 aliphatic rings. The largest absolute Gasteiger partial charge is 0.490 e. The molecule has 4 aromatic rings. The highest BCUT2D eigenvalue weighted by Gasteiger charge is 2.41. The number of para-hydroxylation sites is 1. The first kappa shape index (κ1) is 37.8. The number of halogens is 5. The van der Waals surface area contributed by atoms with Gasteiger partial charge in [-0.1, -0.05) is 12.1 Å². The number of aryl methyl sites for hydroxylation is 1. The number of alkyl halides is 3. The number of aliphatic hydroxyl groups is 1. The van der Waals surface area contributed by atoms with Crippen LogP contribution in [0.25, 0.3) is 28.0 Å². The van der Waals surface area contributed by atoms with Gasteiger partial charge in [-0.3, -0.25) is 23.7 Å². The molecule has 2 aromatic carbocycles. The number of carbonyl (C=O) groups excluding carboxylic acids is 3. The first-order chi connectivity index (χ1) is 24.1. The molecule has 1 unspecified atom stereocenters. The fourth-order valence-electron chi connectivity index (χ4n) is 4.69. The summed E-state index contributed by atoms with van der Waals surface area (Å²) < 4.78 is 73.0. The van der Waals surface area contributed by atoms with Crippen molar-refractivity contribution in [1.82, 2.24) is 19.9 Å². The summed E-state index contributed by atoms with van der Waals surface area (Å²) in [7, 11) is 0. The summed E-state index contributed by atoms with van der Waals surface area (Å²) in [6.45, 7) is -0.348. The number of carboxylic acid groups (broad SMARTS) is 1. The molecular weight excluding hydrogens is 691 g/mol. The van der Waals surface area contributed by atoms with Gasteiger partial charge in [-0.05, 0) is 42.8 Å². The van der Waals surface area contributed by atoms with Gasteiger partial charge in [-0.15, -0.1) is 0 Å². The molecule has 270 valence electrons. The molecule has 0 saturated heterocycles. The summed E-state index contributed by atoms with van der Waals surface area (Å²) in [5.41, 5.74) is -1.04. The normalized spacial score (nSPS) is 11.9. The van der Waals surface area contributed by atoms with Crippen LogP contribution in [0.3, 0.4) is 0 Å². The lowest BCUT2D eigenvalue weighted by Crippen LogP contribution is -2.35. The van der Waals surface area contributed by atoms with E-state index in [0.29, 0.717) is 10.1 Å². The number of aliphatic carboxylic acids is 1. The van der Waals surface area contributed by atoms with Gasteiger partial charge in [0.1, 0.15) is 23.9 Å². The number of esters is 1. The Kier molecular flexibility index (Phi) is 12.0. The van der Waals surface area contributed by atoms with Crippen LogP contribution >= 0.6 is 0 Å². The first-order valence-electron chi connectivity index (χ1n) is 15.0. The Balaban J connectivity index is 1.76. The van der Waals surface area contributed by atoms with Gasteiger partial charge >= 0.3 is 18.1 Å². The van der Waals surface area contributed by atoms with Crippen molar-refractivity contribution in [1.29, 1.82) is 0 Å². The van der Waals surface area contributed by atoms with Crippen LogP contribution in [0.15, 0.2) is 53.3 Å². The molecule has 0 bridgehead atoms. The molecule has 2 heterocycles. The van der Waals surface area contributed by atoms with E-state index < -0.39 is 78.0 Å². The Morgan fingerprint density at radius 3 is 2.31 bits per heavy atom. The smallest absolute Gasteiger partial charge is 0.481 e. The number of amides is 2. The number of carbonyl (C=O) groups is 4. The number of anilines is 2. The van der Waals surface area contributed by atoms with Crippen molar-refractivity contribution >= 4 is 46.4 Å². The molecule has 51 heavy (non-hydrogen) atoms. The van der Waals surface area contributed by atoms with Crippen LogP contribution < -0.4 is 21.5 Å². The SMILES string of the molecule is Cc1ccc(NC(=O)CCNC(=O)CCC(=O)O)cc1-c1nc(NC(CO)COC(=O)C(F)(F)F)nc2c1ccc(=O)n2-c1c(F)cccc1F. The van der Waals surface area contributed by atoms with Crippen LogP contribution in [0.5, 0.6) is 0 Å². The second-order valence-corrected chi connectivity index (χ2v) is 10.9. The summed E-state index contributed by atoms with van der Waals surface area (Å²) in [6, 6.07) is 8.32. The molecule has 0 aliphatic carbocycles. The summed E-state index contributed by atoms with van der Waals surface area (Å²) >= 11 is 0. The zero-order valence-corrected chi connectivity index (χ0v) is 26.5.